The molecule has 0 spiro atoms. The number of esters is 1. The van der Waals surface area contributed by atoms with E-state index in [2.05, 4.69) is 6.92 Å². The maximum atomic E-state index is 12.3. The lowest BCUT2D eigenvalue weighted by Gasteiger charge is -2.22. The fourth-order valence-electron chi connectivity index (χ4n) is 4.02. The van der Waals surface area contributed by atoms with E-state index < -0.39 is 12.1 Å². The first-order chi connectivity index (χ1) is 19.4. The Morgan fingerprint density at radius 3 is 2.02 bits per heavy atom. The van der Waals surface area contributed by atoms with Crippen molar-refractivity contribution in [1.29, 1.82) is 0 Å². The van der Waals surface area contributed by atoms with Crippen LogP contribution in [-0.2, 0) is 41.8 Å². The Bertz CT molecular complexity index is 1080. The van der Waals surface area contributed by atoms with Crippen LogP contribution < -0.4 is 0 Å². The zero-order chi connectivity index (χ0) is 29.0. The highest BCUT2D eigenvalue weighted by Gasteiger charge is 2.21. The molecule has 0 aliphatic heterocycles. The number of hydrogen-bond donors (Lipinski definition) is 0. The van der Waals surface area contributed by atoms with E-state index in [-0.39, 0.29) is 30.5 Å². The lowest BCUT2D eigenvalue weighted by Crippen LogP contribution is -2.27. The Hall–Kier alpha value is -3.71. The number of hydrogen-bond acceptors (Lipinski definition) is 6. The Labute approximate surface area is 238 Å². The van der Waals surface area contributed by atoms with Gasteiger partial charge in [0.1, 0.15) is 12.4 Å². The maximum absolute atomic E-state index is 12.3. The molecule has 2 aromatic rings. The molecule has 0 saturated heterocycles. The van der Waals surface area contributed by atoms with Crippen molar-refractivity contribution in [3.8, 4) is 0 Å². The zero-order valence-electron chi connectivity index (χ0n) is 24.1. The van der Waals surface area contributed by atoms with Crippen LogP contribution in [-0.4, -0.2) is 42.3 Å². The second-order valence-corrected chi connectivity index (χ2v) is 9.65. The van der Waals surface area contributed by atoms with Gasteiger partial charge in [0.2, 0.25) is 5.91 Å². The molecule has 7 heteroatoms. The van der Waals surface area contributed by atoms with Gasteiger partial charge in [0.15, 0.2) is 12.4 Å². The molecule has 0 bridgehead atoms. The molecule has 2 aromatic carbocycles. The van der Waals surface area contributed by atoms with Crippen LogP contribution in [0.1, 0.15) is 70.4 Å². The molecule has 0 heterocycles. The van der Waals surface area contributed by atoms with Gasteiger partial charge in [-0.1, -0.05) is 99.7 Å². The van der Waals surface area contributed by atoms with Gasteiger partial charge in [-0.3, -0.25) is 14.4 Å². The SMILES string of the molecule is CCCCCCCCN(/C=C(C=O)\C=C(/OCc1ccccc1)[C@@H](COCc1ccccc1)OC(C)=O)C(C)=O. The third kappa shape index (κ3) is 13.4. The Kier molecular flexibility index (Phi) is 15.7. The molecule has 0 radical (unpaired) electrons. The van der Waals surface area contributed by atoms with Gasteiger partial charge >= 0.3 is 5.97 Å². The van der Waals surface area contributed by atoms with Crippen LogP contribution in [0.5, 0.6) is 0 Å². The van der Waals surface area contributed by atoms with Crippen LogP contribution in [0.2, 0.25) is 0 Å². The van der Waals surface area contributed by atoms with Crippen LogP contribution in [0.3, 0.4) is 0 Å². The van der Waals surface area contributed by atoms with Crippen molar-refractivity contribution in [2.75, 3.05) is 13.2 Å². The summed E-state index contributed by atoms with van der Waals surface area (Å²) in [5.41, 5.74) is 2.11. The summed E-state index contributed by atoms with van der Waals surface area (Å²) in [6.45, 7) is 6.02. The van der Waals surface area contributed by atoms with Gasteiger partial charge in [-0.15, -0.1) is 0 Å². The molecule has 0 N–H and O–H groups in total. The molecule has 7 nitrogen and oxygen atoms in total. The Morgan fingerprint density at radius 2 is 1.45 bits per heavy atom. The van der Waals surface area contributed by atoms with Crippen molar-refractivity contribution in [2.45, 2.75) is 78.6 Å². The average molecular weight is 550 g/mol. The van der Waals surface area contributed by atoms with Gasteiger partial charge in [0.25, 0.3) is 0 Å². The fourth-order valence-corrected chi connectivity index (χ4v) is 4.02. The molecular formula is C33H43NO6. The van der Waals surface area contributed by atoms with E-state index in [1.165, 1.54) is 45.4 Å². The third-order valence-electron chi connectivity index (χ3n) is 6.16. The van der Waals surface area contributed by atoms with Gasteiger partial charge in [-0.05, 0) is 23.6 Å². The molecule has 0 fully saturated rings. The lowest BCUT2D eigenvalue weighted by atomic mass is 10.1. The van der Waals surface area contributed by atoms with E-state index in [9.17, 15) is 14.4 Å². The molecule has 0 aliphatic carbocycles. The molecule has 0 saturated carbocycles. The van der Waals surface area contributed by atoms with Gasteiger partial charge in [0, 0.05) is 32.2 Å². The highest BCUT2D eigenvalue weighted by molar-refractivity contribution is 5.80. The number of ether oxygens (including phenoxy) is 3. The highest BCUT2D eigenvalue weighted by Crippen LogP contribution is 2.18. The van der Waals surface area contributed by atoms with E-state index in [0.717, 1.165) is 30.4 Å². The van der Waals surface area contributed by atoms with Crippen LogP contribution in [0.4, 0.5) is 0 Å². The first-order valence-electron chi connectivity index (χ1n) is 14.0. The maximum Gasteiger partial charge on any atom is 0.303 e. The molecule has 2 rings (SSSR count). The number of allylic oxidation sites excluding steroid dienone is 2. The number of benzene rings is 2. The summed E-state index contributed by atoms with van der Waals surface area (Å²) in [7, 11) is 0. The van der Waals surface area contributed by atoms with Gasteiger partial charge in [-0.25, -0.2) is 0 Å². The van der Waals surface area contributed by atoms with Crippen molar-refractivity contribution >= 4 is 18.2 Å². The molecule has 216 valence electrons. The summed E-state index contributed by atoms with van der Waals surface area (Å²) in [5, 5.41) is 0. The number of carbonyl (C=O) groups is 3. The van der Waals surface area contributed by atoms with Crippen LogP contribution in [0.25, 0.3) is 0 Å². The second kappa shape index (κ2) is 19.4. The number of rotatable bonds is 19. The highest BCUT2D eigenvalue weighted by atomic mass is 16.6. The largest absolute Gasteiger partial charge is 0.489 e. The summed E-state index contributed by atoms with van der Waals surface area (Å²) in [6, 6.07) is 19.2. The number of aldehydes is 1. The van der Waals surface area contributed by atoms with Crippen molar-refractivity contribution in [3.05, 3.63) is 95.4 Å². The topological polar surface area (TPSA) is 82.1 Å². The van der Waals surface area contributed by atoms with Crippen LogP contribution in [0.15, 0.2) is 84.3 Å². The molecule has 0 unspecified atom stereocenters. The van der Waals surface area contributed by atoms with Crippen LogP contribution in [0, 0.1) is 0 Å². The molecule has 1 atom stereocenters. The Balaban J connectivity index is 2.26. The third-order valence-corrected chi connectivity index (χ3v) is 6.16. The average Bonchev–Trinajstić information content (AvgIpc) is 2.95. The fraction of sp³-hybridized carbons (Fsp3) is 0.424. The van der Waals surface area contributed by atoms with E-state index in [0.29, 0.717) is 19.4 Å². The molecule has 40 heavy (non-hydrogen) atoms. The number of unbranched alkanes of at least 4 members (excludes halogenated alkanes) is 5. The van der Waals surface area contributed by atoms with Crippen molar-refractivity contribution < 1.29 is 28.6 Å². The summed E-state index contributed by atoms with van der Waals surface area (Å²) < 4.78 is 17.5. The summed E-state index contributed by atoms with van der Waals surface area (Å²) in [6.07, 6.45) is 9.37. The van der Waals surface area contributed by atoms with Crippen molar-refractivity contribution in [2.24, 2.45) is 0 Å². The zero-order valence-corrected chi connectivity index (χ0v) is 24.1. The normalized spacial score (nSPS) is 12.5. The number of nitrogens with zero attached hydrogens (tertiary/aromatic N) is 1. The first-order valence-corrected chi connectivity index (χ1v) is 14.0. The van der Waals surface area contributed by atoms with Gasteiger partial charge in [0.05, 0.1) is 13.2 Å². The Morgan fingerprint density at radius 1 is 0.850 bits per heavy atom. The van der Waals surface area contributed by atoms with Crippen LogP contribution >= 0.6 is 0 Å². The second-order valence-electron chi connectivity index (χ2n) is 9.65. The minimum absolute atomic E-state index is 0.0232. The predicted octanol–water partition coefficient (Wildman–Crippen LogP) is 6.53. The molecule has 0 aromatic heterocycles. The standard InChI is InChI=1S/C33H43NO6/c1-4-5-6-7-8-15-20-34(27(2)36)22-31(23-35)21-32(39-25-30-18-13-10-14-19-30)33(40-28(3)37)26-38-24-29-16-11-9-12-17-29/h9-14,16-19,21-23,33H,4-8,15,20,24-26H2,1-3H3/b31-22+,32-21-/t33-/m1/s1. The number of amides is 1. The minimum Gasteiger partial charge on any atom is -0.489 e. The summed E-state index contributed by atoms with van der Waals surface area (Å²) in [4.78, 5) is 38.0. The summed E-state index contributed by atoms with van der Waals surface area (Å²) >= 11 is 0. The van der Waals surface area contributed by atoms with Gasteiger partial charge < -0.3 is 19.1 Å². The monoisotopic (exact) mass is 549 g/mol. The van der Waals surface area contributed by atoms with E-state index >= 15 is 0 Å². The molecule has 1 amide bonds. The minimum atomic E-state index is -0.891. The smallest absolute Gasteiger partial charge is 0.303 e. The quantitative estimate of drug-likeness (QED) is 0.0495. The van der Waals surface area contributed by atoms with E-state index in [1.807, 2.05) is 60.7 Å². The molecule has 0 aliphatic rings. The van der Waals surface area contributed by atoms with Crippen molar-refractivity contribution in [3.63, 3.8) is 0 Å². The summed E-state index contributed by atoms with van der Waals surface area (Å²) in [5.74, 6) is -0.406. The lowest BCUT2D eigenvalue weighted by molar-refractivity contribution is -0.149. The van der Waals surface area contributed by atoms with E-state index in [4.69, 9.17) is 14.2 Å². The van der Waals surface area contributed by atoms with Gasteiger partial charge in [-0.2, -0.15) is 0 Å². The van der Waals surface area contributed by atoms with Crippen molar-refractivity contribution in [1.82, 2.24) is 4.90 Å². The molecular weight excluding hydrogens is 506 g/mol. The number of carbonyl (C=O) groups excluding carboxylic acids is 3. The predicted molar refractivity (Wildman–Crippen MR) is 156 cm³/mol. The first kappa shape index (κ1) is 32.5. The van der Waals surface area contributed by atoms with E-state index in [1.54, 1.807) is 4.90 Å².